The molecule has 1 unspecified atom stereocenters. The lowest BCUT2D eigenvalue weighted by Crippen LogP contribution is -2.41. The van der Waals surface area contributed by atoms with Crippen LogP contribution in [0.4, 0.5) is 4.79 Å². The van der Waals surface area contributed by atoms with E-state index in [0.717, 1.165) is 12.8 Å². The Morgan fingerprint density at radius 1 is 1.32 bits per heavy atom. The van der Waals surface area contributed by atoms with Crippen LogP contribution >= 0.6 is 0 Å². The van der Waals surface area contributed by atoms with Crippen LogP contribution in [0.2, 0.25) is 0 Å². The van der Waals surface area contributed by atoms with Crippen molar-refractivity contribution in [2.75, 3.05) is 6.54 Å². The number of amides is 1. The minimum absolute atomic E-state index is 0.0588. The zero-order valence-electron chi connectivity index (χ0n) is 12.0. The highest BCUT2D eigenvalue weighted by Crippen LogP contribution is 2.37. The topological polar surface area (TPSA) is 59.0 Å². The highest BCUT2D eigenvalue weighted by Gasteiger charge is 2.50. The molecule has 1 amide bonds. The summed E-state index contributed by atoms with van der Waals surface area (Å²) >= 11 is 0. The molecule has 0 aliphatic carbocycles. The third-order valence-electron chi connectivity index (χ3n) is 4.31. The summed E-state index contributed by atoms with van der Waals surface area (Å²) in [7, 11) is -0.402. The van der Waals surface area contributed by atoms with Gasteiger partial charge in [0.05, 0.1) is 17.2 Å². The van der Waals surface area contributed by atoms with E-state index in [9.17, 15) is 4.79 Å². The maximum atomic E-state index is 11.0. The van der Waals surface area contributed by atoms with Crippen LogP contribution in [0.3, 0.4) is 0 Å². The largest absolute Gasteiger partial charge is 0.486 e. The van der Waals surface area contributed by atoms with Gasteiger partial charge in [-0.2, -0.15) is 0 Å². The van der Waals surface area contributed by atoms with Crippen LogP contribution in [0.25, 0.3) is 0 Å². The molecule has 1 N–H and O–H groups in total. The van der Waals surface area contributed by atoms with Gasteiger partial charge in [0.25, 0.3) is 0 Å². The van der Waals surface area contributed by atoms with Crippen LogP contribution in [-0.4, -0.2) is 47.0 Å². The zero-order valence-corrected chi connectivity index (χ0v) is 12.0. The first-order chi connectivity index (χ1) is 8.73. The second kappa shape index (κ2) is 4.83. The molecule has 2 saturated heterocycles. The van der Waals surface area contributed by atoms with Crippen LogP contribution in [0, 0.1) is 0 Å². The second-order valence-corrected chi connectivity index (χ2v) is 6.20. The predicted octanol–water partition coefficient (Wildman–Crippen LogP) is 2.32. The van der Waals surface area contributed by atoms with E-state index in [-0.39, 0.29) is 17.2 Å². The Hall–Kier alpha value is -1.01. The quantitative estimate of drug-likeness (QED) is 0.780. The summed E-state index contributed by atoms with van der Waals surface area (Å²) in [5.74, 6) is 1.84. The van der Waals surface area contributed by atoms with E-state index < -0.39 is 13.2 Å². The fraction of sp³-hybridized carbons (Fsp3) is 0.769. The Balaban J connectivity index is 1.99. The first-order valence-electron chi connectivity index (χ1n) is 6.76. The van der Waals surface area contributed by atoms with Gasteiger partial charge in [-0.1, -0.05) is 12.1 Å². The van der Waals surface area contributed by atoms with E-state index in [0.29, 0.717) is 6.54 Å². The molecule has 2 rings (SSSR count). The summed E-state index contributed by atoms with van der Waals surface area (Å²) in [6.45, 7) is 8.60. The lowest BCUT2D eigenvalue weighted by atomic mass is 9.89. The number of rotatable bonds is 2. The van der Waals surface area contributed by atoms with Crippen molar-refractivity contribution in [3.63, 3.8) is 0 Å². The Bertz CT molecular complexity index is 378. The molecule has 0 radical (unpaired) electrons. The van der Waals surface area contributed by atoms with Crippen molar-refractivity contribution >= 4 is 13.2 Å². The molecule has 0 spiro atoms. The van der Waals surface area contributed by atoms with Gasteiger partial charge < -0.3 is 19.3 Å². The maximum Gasteiger partial charge on any atom is 0.486 e. The molecule has 2 heterocycles. The third kappa shape index (κ3) is 2.79. The van der Waals surface area contributed by atoms with Crippen molar-refractivity contribution in [2.24, 2.45) is 0 Å². The second-order valence-electron chi connectivity index (χ2n) is 6.20. The number of hydrogen-bond acceptors (Lipinski definition) is 3. The van der Waals surface area contributed by atoms with Crippen molar-refractivity contribution in [1.29, 1.82) is 0 Å². The lowest BCUT2D eigenvalue weighted by molar-refractivity contribution is 0.00578. The molecular formula is C13H22BNO4. The summed E-state index contributed by atoms with van der Waals surface area (Å²) < 4.78 is 11.7. The Labute approximate surface area is 114 Å². The van der Waals surface area contributed by atoms with Crippen molar-refractivity contribution < 1.29 is 19.2 Å². The SMILES string of the molecule is CC1(C)OB(C=CC2CCCN2C(=O)O)OC1(C)C. The van der Waals surface area contributed by atoms with E-state index >= 15 is 0 Å². The summed E-state index contributed by atoms with van der Waals surface area (Å²) in [6, 6.07) is -0.0588. The van der Waals surface area contributed by atoms with Gasteiger partial charge in [0.1, 0.15) is 0 Å². The van der Waals surface area contributed by atoms with Crippen molar-refractivity contribution in [1.82, 2.24) is 4.90 Å². The predicted molar refractivity (Wildman–Crippen MR) is 73.0 cm³/mol. The van der Waals surface area contributed by atoms with Crippen molar-refractivity contribution in [3.05, 3.63) is 12.1 Å². The van der Waals surface area contributed by atoms with Gasteiger partial charge in [-0.05, 0) is 40.5 Å². The summed E-state index contributed by atoms with van der Waals surface area (Å²) in [6.07, 6.45) is 2.80. The molecule has 6 heteroatoms. The molecule has 0 aromatic carbocycles. The molecule has 2 fully saturated rings. The Morgan fingerprint density at radius 3 is 2.42 bits per heavy atom. The fourth-order valence-electron chi connectivity index (χ4n) is 2.42. The van der Waals surface area contributed by atoms with Crippen LogP contribution in [0.1, 0.15) is 40.5 Å². The maximum absolute atomic E-state index is 11.0. The van der Waals surface area contributed by atoms with Gasteiger partial charge in [-0.3, -0.25) is 0 Å². The van der Waals surface area contributed by atoms with E-state index in [1.54, 1.807) is 0 Å². The van der Waals surface area contributed by atoms with Crippen molar-refractivity contribution in [3.8, 4) is 0 Å². The van der Waals surface area contributed by atoms with Gasteiger partial charge in [0.2, 0.25) is 0 Å². The molecule has 2 aliphatic heterocycles. The van der Waals surface area contributed by atoms with E-state index in [4.69, 9.17) is 14.4 Å². The van der Waals surface area contributed by atoms with Gasteiger partial charge in [-0.15, -0.1) is 0 Å². The van der Waals surface area contributed by atoms with E-state index in [1.807, 2.05) is 39.7 Å². The lowest BCUT2D eigenvalue weighted by Gasteiger charge is -2.32. The van der Waals surface area contributed by atoms with Gasteiger partial charge >= 0.3 is 13.2 Å². The molecular weight excluding hydrogens is 245 g/mol. The average Bonchev–Trinajstić information content (AvgIpc) is 2.79. The minimum atomic E-state index is -0.860. The van der Waals surface area contributed by atoms with E-state index in [1.165, 1.54) is 4.90 Å². The Morgan fingerprint density at radius 2 is 1.89 bits per heavy atom. The summed E-state index contributed by atoms with van der Waals surface area (Å²) in [5, 5.41) is 9.07. The Kier molecular flexibility index (Phi) is 3.66. The van der Waals surface area contributed by atoms with Crippen LogP contribution in [-0.2, 0) is 9.31 Å². The third-order valence-corrected chi connectivity index (χ3v) is 4.31. The van der Waals surface area contributed by atoms with Gasteiger partial charge in [0.15, 0.2) is 0 Å². The first-order valence-corrected chi connectivity index (χ1v) is 6.76. The number of hydrogen-bond donors (Lipinski definition) is 1. The molecule has 0 aromatic heterocycles. The van der Waals surface area contributed by atoms with Gasteiger partial charge in [0, 0.05) is 6.54 Å². The molecule has 5 nitrogen and oxygen atoms in total. The average molecular weight is 267 g/mol. The first kappa shape index (κ1) is 14.4. The monoisotopic (exact) mass is 267 g/mol. The summed E-state index contributed by atoms with van der Waals surface area (Å²) in [4.78, 5) is 12.5. The minimum Gasteiger partial charge on any atom is -0.465 e. The van der Waals surface area contributed by atoms with Crippen molar-refractivity contribution in [2.45, 2.75) is 57.8 Å². The van der Waals surface area contributed by atoms with Gasteiger partial charge in [-0.25, -0.2) is 4.79 Å². The molecule has 0 aromatic rings. The highest BCUT2D eigenvalue weighted by atomic mass is 16.7. The number of nitrogens with zero attached hydrogens (tertiary/aromatic N) is 1. The normalized spacial score (nSPS) is 29.4. The number of carbonyl (C=O) groups is 1. The smallest absolute Gasteiger partial charge is 0.465 e. The van der Waals surface area contributed by atoms with E-state index in [2.05, 4.69) is 0 Å². The molecule has 19 heavy (non-hydrogen) atoms. The number of likely N-dealkylation sites (tertiary alicyclic amines) is 1. The summed E-state index contributed by atoms with van der Waals surface area (Å²) in [5.41, 5.74) is -0.714. The zero-order chi connectivity index (χ0) is 14.3. The molecule has 0 bridgehead atoms. The van der Waals surface area contributed by atoms with Crippen LogP contribution in [0.5, 0.6) is 0 Å². The molecule has 0 saturated carbocycles. The molecule has 2 aliphatic rings. The van der Waals surface area contributed by atoms with Crippen LogP contribution < -0.4 is 0 Å². The highest BCUT2D eigenvalue weighted by molar-refractivity contribution is 6.51. The molecule has 1 atom stereocenters. The fourth-order valence-corrected chi connectivity index (χ4v) is 2.42. The molecule has 106 valence electrons. The standard InChI is InChI=1S/C13H22BNO4/c1-12(2)13(3,4)19-14(18-12)8-7-10-6-5-9-15(10)11(16)17/h7-8,10H,5-6,9H2,1-4H3,(H,16,17). The number of carboxylic acid groups (broad SMARTS) is 1. The van der Waals surface area contributed by atoms with Crippen LogP contribution in [0.15, 0.2) is 12.1 Å².